The number of sulfonamides is 1. The van der Waals surface area contributed by atoms with Gasteiger partial charge in [0.05, 0.1) is 23.6 Å². The van der Waals surface area contributed by atoms with Crippen LogP contribution in [0.4, 0.5) is 11.5 Å². The molecule has 2 N–H and O–H groups in total. The number of nitrogens with one attached hydrogen (secondary N) is 2. The zero-order valence-corrected chi connectivity index (χ0v) is 19.5. The summed E-state index contributed by atoms with van der Waals surface area (Å²) in [5.74, 6) is 0.994. The van der Waals surface area contributed by atoms with E-state index >= 15 is 0 Å². The third-order valence-corrected chi connectivity index (χ3v) is 7.82. The van der Waals surface area contributed by atoms with Gasteiger partial charge in [-0.3, -0.25) is 9.52 Å². The van der Waals surface area contributed by atoms with Crippen LogP contribution >= 0.6 is 11.6 Å². The Balaban J connectivity index is 1.24. The van der Waals surface area contributed by atoms with Crippen LogP contribution in [0.1, 0.15) is 44.1 Å². The average molecular weight is 475 g/mol. The van der Waals surface area contributed by atoms with Crippen molar-refractivity contribution in [3.8, 4) is 0 Å². The summed E-state index contributed by atoms with van der Waals surface area (Å²) in [5, 5.41) is 4.03. The van der Waals surface area contributed by atoms with Gasteiger partial charge in [-0.1, -0.05) is 23.7 Å². The van der Waals surface area contributed by atoms with Gasteiger partial charge in [0.15, 0.2) is 0 Å². The highest BCUT2D eigenvalue weighted by molar-refractivity contribution is 7.92. The summed E-state index contributed by atoms with van der Waals surface area (Å²) >= 11 is 6.02. The van der Waals surface area contributed by atoms with Crippen molar-refractivity contribution in [1.82, 2.24) is 10.3 Å². The Kier molecular flexibility index (Phi) is 5.33. The molecule has 1 aromatic carbocycles. The molecule has 1 aliphatic carbocycles. The number of aromatic nitrogens is 1. The minimum absolute atomic E-state index is 0.131. The molecule has 3 heterocycles. The largest absolute Gasteiger partial charge is 0.352 e. The minimum Gasteiger partial charge on any atom is -0.352 e. The summed E-state index contributed by atoms with van der Waals surface area (Å²) in [5.41, 5.74) is 1.11. The van der Waals surface area contributed by atoms with Crippen LogP contribution in [0, 0.1) is 0 Å². The number of fused-ring (bicyclic) bond motifs is 2. The molecule has 5 rings (SSSR count). The highest BCUT2D eigenvalue weighted by Gasteiger charge is 2.52. The predicted molar refractivity (Wildman–Crippen MR) is 126 cm³/mol. The quantitative estimate of drug-likeness (QED) is 0.669. The number of hydrogen-bond donors (Lipinski definition) is 2. The van der Waals surface area contributed by atoms with Crippen LogP contribution in [0.3, 0.4) is 0 Å². The van der Waals surface area contributed by atoms with Gasteiger partial charge in [0.1, 0.15) is 5.82 Å². The average Bonchev–Trinajstić information content (AvgIpc) is 3.50. The van der Waals surface area contributed by atoms with Gasteiger partial charge in [-0.2, -0.15) is 0 Å². The molecule has 0 spiro atoms. The number of halogens is 1. The van der Waals surface area contributed by atoms with Crippen LogP contribution in [-0.4, -0.2) is 43.7 Å². The van der Waals surface area contributed by atoms with E-state index < -0.39 is 15.4 Å². The van der Waals surface area contributed by atoms with Crippen molar-refractivity contribution in [3.63, 3.8) is 0 Å². The molecule has 170 valence electrons. The summed E-state index contributed by atoms with van der Waals surface area (Å²) in [7, 11) is -3.32. The second kappa shape index (κ2) is 7.92. The monoisotopic (exact) mass is 474 g/mol. The Bertz CT molecular complexity index is 1100. The predicted octanol–water partition coefficient (Wildman–Crippen LogP) is 3.45. The van der Waals surface area contributed by atoms with E-state index in [1.807, 2.05) is 30.3 Å². The van der Waals surface area contributed by atoms with Crippen molar-refractivity contribution in [3.05, 3.63) is 53.2 Å². The van der Waals surface area contributed by atoms with Crippen LogP contribution < -0.4 is 14.9 Å². The molecule has 1 aromatic heterocycles. The molecule has 3 atom stereocenters. The van der Waals surface area contributed by atoms with Gasteiger partial charge in [-0.05, 0) is 68.4 Å². The zero-order valence-electron chi connectivity index (χ0n) is 17.9. The van der Waals surface area contributed by atoms with Crippen LogP contribution in [0.25, 0.3) is 0 Å². The molecule has 3 fully saturated rings. The second-order valence-electron chi connectivity index (χ2n) is 9.30. The molecule has 0 unspecified atom stereocenters. The van der Waals surface area contributed by atoms with E-state index in [0.29, 0.717) is 22.8 Å². The van der Waals surface area contributed by atoms with Crippen molar-refractivity contribution in [2.45, 2.75) is 62.1 Å². The van der Waals surface area contributed by atoms with Gasteiger partial charge in [0.2, 0.25) is 15.9 Å². The lowest BCUT2D eigenvalue weighted by molar-refractivity contribution is -0.124. The zero-order chi connectivity index (χ0) is 22.5. The Morgan fingerprint density at radius 1 is 1.09 bits per heavy atom. The van der Waals surface area contributed by atoms with Crippen molar-refractivity contribution in [2.24, 2.45) is 0 Å². The molecule has 2 bridgehead atoms. The molecule has 7 nitrogen and oxygen atoms in total. The molecule has 1 saturated carbocycles. The molecular formula is C23H27ClN4O3S. The second-order valence-corrected chi connectivity index (χ2v) is 11.5. The Hall–Kier alpha value is -2.32. The number of benzene rings is 1. The molecule has 32 heavy (non-hydrogen) atoms. The number of anilines is 2. The first-order valence-corrected chi connectivity index (χ1v) is 13.3. The number of piperidine rings is 1. The third kappa shape index (κ3) is 4.18. The lowest BCUT2D eigenvalue weighted by atomic mass is 9.92. The number of hydrogen-bond acceptors (Lipinski definition) is 5. The Morgan fingerprint density at radius 3 is 2.28 bits per heavy atom. The fraction of sp³-hybridized carbons (Fsp3) is 0.478. The molecular weight excluding hydrogens is 448 g/mol. The van der Waals surface area contributed by atoms with Crippen molar-refractivity contribution < 1.29 is 13.2 Å². The number of pyridine rings is 1. The first-order chi connectivity index (χ1) is 15.2. The standard InChI is InChI=1S/C23H27ClN4O3S/c1-32(30,31)27-17-6-9-21(25-14-17)28-19-7-8-20(28)13-18(12-19)26-22(29)23(10-11-23)15-2-4-16(24)5-3-15/h2-6,9,14,18-20,27H,7-8,10-13H2,1H3,(H,26,29)/t18-,19+,20-. The van der Waals surface area contributed by atoms with Crippen LogP contribution in [-0.2, 0) is 20.2 Å². The normalized spacial score (nSPS) is 25.9. The van der Waals surface area contributed by atoms with E-state index in [4.69, 9.17) is 11.6 Å². The summed E-state index contributed by atoms with van der Waals surface area (Å²) in [6, 6.07) is 12.1. The molecule has 2 aliphatic heterocycles. The molecule has 2 saturated heterocycles. The van der Waals surface area contributed by atoms with E-state index in [9.17, 15) is 13.2 Å². The van der Waals surface area contributed by atoms with Gasteiger partial charge in [-0.25, -0.2) is 13.4 Å². The number of rotatable bonds is 6. The van der Waals surface area contributed by atoms with Crippen LogP contribution in [0.5, 0.6) is 0 Å². The maximum Gasteiger partial charge on any atom is 0.230 e. The number of nitrogens with zero attached hydrogens (tertiary/aromatic N) is 2. The first-order valence-electron chi connectivity index (χ1n) is 11.0. The van der Waals surface area contributed by atoms with E-state index in [2.05, 4.69) is 19.9 Å². The Labute approximate surface area is 193 Å². The highest BCUT2D eigenvalue weighted by atomic mass is 35.5. The fourth-order valence-corrected chi connectivity index (χ4v) is 6.02. The Morgan fingerprint density at radius 2 is 1.75 bits per heavy atom. The molecule has 1 amide bonds. The smallest absolute Gasteiger partial charge is 0.230 e. The van der Waals surface area contributed by atoms with Crippen molar-refractivity contribution >= 4 is 39.0 Å². The van der Waals surface area contributed by atoms with E-state index in [1.165, 1.54) is 0 Å². The molecule has 2 aromatic rings. The van der Waals surface area contributed by atoms with Crippen molar-refractivity contribution in [2.75, 3.05) is 15.9 Å². The van der Waals surface area contributed by atoms with E-state index in [0.717, 1.165) is 56.2 Å². The fourth-order valence-electron chi connectivity index (χ4n) is 5.35. The maximum atomic E-state index is 13.2. The number of carbonyl (C=O) groups is 1. The van der Waals surface area contributed by atoms with E-state index in [1.54, 1.807) is 12.3 Å². The molecule has 9 heteroatoms. The van der Waals surface area contributed by atoms with Gasteiger partial charge < -0.3 is 10.2 Å². The van der Waals surface area contributed by atoms with Gasteiger partial charge in [-0.15, -0.1) is 0 Å². The summed E-state index contributed by atoms with van der Waals surface area (Å²) in [4.78, 5) is 20.0. The van der Waals surface area contributed by atoms with Gasteiger partial charge >= 0.3 is 0 Å². The SMILES string of the molecule is CS(=O)(=O)Nc1ccc(N2[C@@H]3CC[C@H]2C[C@@H](NC(=O)C2(c4ccc(Cl)cc4)CC2)C3)nc1. The van der Waals surface area contributed by atoms with Crippen LogP contribution in [0.2, 0.25) is 5.02 Å². The summed E-state index contributed by atoms with van der Waals surface area (Å²) in [6.45, 7) is 0. The number of carbonyl (C=O) groups excluding carboxylic acids is 1. The van der Waals surface area contributed by atoms with Gasteiger partial charge in [0.25, 0.3) is 0 Å². The lowest BCUT2D eigenvalue weighted by Crippen LogP contribution is -2.52. The topological polar surface area (TPSA) is 91.4 Å². The molecule has 3 aliphatic rings. The first kappa shape index (κ1) is 21.5. The van der Waals surface area contributed by atoms with E-state index in [-0.39, 0.29) is 11.9 Å². The van der Waals surface area contributed by atoms with Crippen molar-refractivity contribution in [1.29, 1.82) is 0 Å². The maximum absolute atomic E-state index is 13.2. The summed E-state index contributed by atoms with van der Waals surface area (Å²) in [6.07, 6.45) is 8.38. The lowest BCUT2D eigenvalue weighted by Gasteiger charge is -2.40. The van der Waals surface area contributed by atoms with Crippen LogP contribution in [0.15, 0.2) is 42.6 Å². The highest BCUT2D eigenvalue weighted by Crippen LogP contribution is 2.49. The molecule has 0 radical (unpaired) electrons. The summed E-state index contributed by atoms with van der Waals surface area (Å²) < 4.78 is 25.3. The minimum atomic E-state index is -3.32. The third-order valence-electron chi connectivity index (χ3n) is 6.97. The number of amides is 1. The van der Waals surface area contributed by atoms with Gasteiger partial charge in [0, 0.05) is 23.1 Å².